The first-order valence-electron chi connectivity index (χ1n) is 5.59. The Morgan fingerprint density at radius 1 is 1.71 bits per heavy atom. The number of nitrogens with zero attached hydrogens (tertiary/aromatic N) is 3. The van der Waals surface area contributed by atoms with Crippen molar-refractivity contribution >= 4 is 5.69 Å². The van der Waals surface area contributed by atoms with Gasteiger partial charge in [0.25, 0.3) is 0 Å². The molecule has 17 heavy (non-hydrogen) atoms. The van der Waals surface area contributed by atoms with Crippen molar-refractivity contribution in [3.05, 3.63) is 24.0 Å². The molecule has 0 radical (unpaired) electrons. The third-order valence-electron chi connectivity index (χ3n) is 2.94. The van der Waals surface area contributed by atoms with Crippen LogP contribution in [0.4, 0.5) is 5.69 Å². The van der Waals surface area contributed by atoms with E-state index in [1.165, 1.54) is 0 Å². The zero-order chi connectivity index (χ0) is 12.3. The van der Waals surface area contributed by atoms with Crippen LogP contribution in [0.3, 0.4) is 0 Å². The Balaban J connectivity index is 2.28. The molecule has 0 bridgehead atoms. The smallest absolute Gasteiger partial charge is 0.101 e. The molecule has 2 rings (SSSR count). The zero-order valence-electron chi connectivity index (χ0n) is 9.71. The van der Waals surface area contributed by atoms with Crippen molar-refractivity contribution in [3.63, 3.8) is 0 Å². The second-order valence-corrected chi connectivity index (χ2v) is 4.14. The number of hydrogen-bond acceptors (Lipinski definition) is 5. The number of aliphatic hydroxyl groups excluding tert-OH is 1. The standard InChI is InChI=1S/C12H15N3O2/c1-9-8-17-11(7-16)6-15(9)12-5-14-3-2-10(12)4-13/h2-3,5,9,11,16H,6-8H2,1H3. The number of rotatable bonds is 2. The maximum Gasteiger partial charge on any atom is 0.101 e. The Bertz CT molecular complexity index is 430. The number of pyridine rings is 1. The molecule has 5 heteroatoms. The Morgan fingerprint density at radius 3 is 3.24 bits per heavy atom. The van der Waals surface area contributed by atoms with Crippen LogP contribution in [0.15, 0.2) is 18.5 Å². The molecule has 1 aliphatic heterocycles. The molecule has 1 N–H and O–H groups in total. The lowest BCUT2D eigenvalue weighted by molar-refractivity contribution is -0.0103. The third-order valence-corrected chi connectivity index (χ3v) is 2.94. The van der Waals surface area contributed by atoms with Crippen LogP contribution >= 0.6 is 0 Å². The summed E-state index contributed by atoms with van der Waals surface area (Å²) in [7, 11) is 0. The highest BCUT2D eigenvalue weighted by atomic mass is 16.5. The van der Waals surface area contributed by atoms with E-state index in [0.29, 0.717) is 18.7 Å². The molecule has 1 fully saturated rings. The molecular formula is C12H15N3O2. The van der Waals surface area contributed by atoms with Gasteiger partial charge in [-0.25, -0.2) is 0 Å². The van der Waals surface area contributed by atoms with Gasteiger partial charge >= 0.3 is 0 Å². The largest absolute Gasteiger partial charge is 0.394 e. The van der Waals surface area contributed by atoms with Crippen LogP contribution in [-0.4, -0.2) is 42.0 Å². The van der Waals surface area contributed by atoms with Crippen molar-refractivity contribution in [1.82, 2.24) is 4.98 Å². The minimum atomic E-state index is -0.196. The maximum absolute atomic E-state index is 9.14. The molecule has 0 saturated carbocycles. The van der Waals surface area contributed by atoms with Gasteiger partial charge in [-0.1, -0.05) is 0 Å². The van der Waals surface area contributed by atoms with Crippen LogP contribution < -0.4 is 4.90 Å². The normalized spacial score (nSPS) is 24.4. The van der Waals surface area contributed by atoms with Gasteiger partial charge in [-0.05, 0) is 13.0 Å². The van der Waals surface area contributed by atoms with Crippen LogP contribution in [0.2, 0.25) is 0 Å². The van der Waals surface area contributed by atoms with Crippen molar-refractivity contribution in [2.24, 2.45) is 0 Å². The molecule has 2 heterocycles. The SMILES string of the molecule is CC1COC(CO)CN1c1cnccc1C#N. The van der Waals surface area contributed by atoms with Gasteiger partial charge in [-0.3, -0.25) is 4.98 Å². The predicted octanol–water partition coefficient (Wildman–Crippen LogP) is 0.539. The number of anilines is 1. The van der Waals surface area contributed by atoms with Crippen LogP contribution in [-0.2, 0) is 4.74 Å². The molecule has 2 atom stereocenters. The van der Waals surface area contributed by atoms with E-state index < -0.39 is 0 Å². The highest BCUT2D eigenvalue weighted by molar-refractivity contribution is 5.58. The van der Waals surface area contributed by atoms with Gasteiger partial charge in [0.05, 0.1) is 36.8 Å². The van der Waals surface area contributed by atoms with Gasteiger partial charge in [-0.15, -0.1) is 0 Å². The first-order valence-corrected chi connectivity index (χ1v) is 5.59. The molecule has 90 valence electrons. The minimum Gasteiger partial charge on any atom is -0.394 e. The number of aromatic nitrogens is 1. The summed E-state index contributed by atoms with van der Waals surface area (Å²) in [5.74, 6) is 0. The molecule has 0 aromatic carbocycles. The summed E-state index contributed by atoms with van der Waals surface area (Å²) in [6, 6.07) is 4.04. The summed E-state index contributed by atoms with van der Waals surface area (Å²) < 4.78 is 5.47. The Hall–Kier alpha value is -1.64. The van der Waals surface area contributed by atoms with E-state index in [4.69, 9.17) is 15.1 Å². The van der Waals surface area contributed by atoms with Gasteiger partial charge in [0, 0.05) is 18.8 Å². The van der Waals surface area contributed by atoms with Crippen LogP contribution in [0, 0.1) is 11.3 Å². The van der Waals surface area contributed by atoms with E-state index in [9.17, 15) is 0 Å². The average molecular weight is 233 g/mol. The average Bonchev–Trinajstić information content (AvgIpc) is 2.39. The Kier molecular flexibility index (Phi) is 3.57. The fourth-order valence-electron chi connectivity index (χ4n) is 1.97. The first kappa shape index (κ1) is 11.8. The lowest BCUT2D eigenvalue weighted by Gasteiger charge is -2.39. The zero-order valence-corrected chi connectivity index (χ0v) is 9.71. The van der Waals surface area contributed by atoms with E-state index in [-0.39, 0.29) is 18.8 Å². The molecule has 0 amide bonds. The number of ether oxygens (including phenoxy) is 1. The van der Waals surface area contributed by atoms with Gasteiger partial charge < -0.3 is 14.7 Å². The summed E-state index contributed by atoms with van der Waals surface area (Å²) in [6.45, 7) is 3.15. The van der Waals surface area contributed by atoms with E-state index in [0.717, 1.165) is 5.69 Å². The third kappa shape index (κ3) is 2.38. The van der Waals surface area contributed by atoms with Crippen molar-refractivity contribution in [2.45, 2.75) is 19.1 Å². The Labute approximate surface area is 100 Å². The van der Waals surface area contributed by atoms with E-state index >= 15 is 0 Å². The molecular weight excluding hydrogens is 218 g/mol. The minimum absolute atomic E-state index is 0.00856. The highest BCUT2D eigenvalue weighted by Crippen LogP contribution is 2.24. The van der Waals surface area contributed by atoms with Crippen molar-refractivity contribution in [3.8, 4) is 6.07 Å². The topological polar surface area (TPSA) is 69.4 Å². The molecule has 1 aliphatic rings. The molecule has 1 aromatic rings. The number of morpholine rings is 1. The van der Waals surface area contributed by atoms with Crippen LogP contribution in [0.1, 0.15) is 12.5 Å². The van der Waals surface area contributed by atoms with Crippen LogP contribution in [0.25, 0.3) is 0 Å². The Morgan fingerprint density at radius 2 is 2.53 bits per heavy atom. The fourth-order valence-corrected chi connectivity index (χ4v) is 1.97. The number of hydrogen-bond donors (Lipinski definition) is 1. The second-order valence-electron chi connectivity index (χ2n) is 4.14. The van der Waals surface area contributed by atoms with E-state index in [1.807, 2.05) is 6.92 Å². The van der Waals surface area contributed by atoms with Gasteiger partial charge in [-0.2, -0.15) is 5.26 Å². The van der Waals surface area contributed by atoms with Crippen molar-refractivity contribution in [1.29, 1.82) is 5.26 Å². The highest BCUT2D eigenvalue weighted by Gasteiger charge is 2.27. The molecule has 2 unspecified atom stereocenters. The molecule has 5 nitrogen and oxygen atoms in total. The van der Waals surface area contributed by atoms with Crippen molar-refractivity contribution < 1.29 is 9.84 Å². The second kappa shape index (κ2) is 5.13. The van der Waals surface area contributed by atoms with E-state index in [1.54, 1.807) is 18.5 Å². The first-order chi connectivity index (χ1) is 8.26. The number of nitriles is 1. The number of aliphatic hydroxyl groups is 1. The molecule has 0 aliphatic carbocycles. The summed E-state index contributed by atoms with van der Waals surface area (Å²) in [5.41, 5.74) is 1.41. The fraction of sp³-hybridized carbons (Fsp3) is 0.500. The van der Waals surface area contributed by atoms with Gasteiger partial charge in [0.2, 0.25) is 0 Å². The van der Waals surface area contributed by atoms with Gasteiger partial charge in [0.1, 0.15) is 6.07 Å². The maximum atomic E-state index is 9.14. The summed E-state index contributed by atoms with van der Waals surface area (Å²) in [6.07, 6.45) is 3.10. The quantitative estimate of drug-likeness (QED) is 0.807. The summed E-state index contributed by atoms with van der Waals surface area (Å²) >= 11 is 0. The molecule has 1 aromatic heterocycles. The van der Waals surface area contributed by atoms with Gasteiger partial charge in [0.15, 0.2) is 0 Å². The molecule has 1 saturated heterocycles. The van der Waals surface area contributed by atoms with Crippen molar-refractivity contribution in [2.75, 3.05) is 24.7 Å². The predicted molar refractivity (Wildman–Crippen MR) is 62.6 cm³/mol. The van der Waals surface area contributed by atoms with Crippen LogP contribution in [0.5, 0.6) is 0 Å². The lowest BCUT2D eigenvalue weighted by atomic mass is 10.1. The summed E-state index contributed by atoms with van der Waals surface area (Å²) in [4.78, 5) is 6.12. The summed E-state index contributed by atoms with van der Waals surface area (Å²) in [5, 5.41) is 18.2. The lowest BCUT2D eigenvalue weighted by Crippen LogP contribution is -2.49. The van der Waals surface area contributed by atoms with E-state index in [2.05, 4.69) is 16.0 Å². The monoisotopic (exact) mass is 233 g/mol. The molecule has 0 spiro atoms.